The maximum Gasteiger partial charge on any atom is 0.0416 e. The lowest BCUT2D eigenvalue weighted by Crippen LogP contribution is -2.33. The van der Waals surface area contributed by atoms with Gasteiger partial charge in [-0.1, -0.05) is 31.0 Å². The zero-order valence-corrected chi connectivity index (χ0v) is 11.0. The van der Waals surface area contributed by atoms with Gasteiger partial charge in [0.25, 0.3) is 0 Å². The first-order valence-corrected chi connectivity index (χ1v) is 6.81. The molecule has 1 aliphatic rings. The Bertz CT molecular complexity index is 360. The Labute approximate surface area is 105 Å². The van der Waals surface area contributed by atoms with Gasteiger partial charge < -0.3 is 10.6 Å². The number of para-hydroxylation sites is 1. The first kappa shape index (κ1) is 12.4. The summed E-state index contributed by atoms with van der Waals surface area (Å²) in [6.45, 7) is 5.58. The topological polar surface area (TPSA) is 29.3 Å². The molecule has 1 aromatic carbocycles. The van der Waals surface area contributed by atoms with E-state index in [2.05, 4.69) is 43.0 Å². The van der Waals surface area contributed by atoms with Crippen molar-refractivity contribution >= 4 is 5.69 Å². The summed E-state index contributed by atoms with van der Waals surface area (Å²) in [5.74, 6) is 0. The van der Waals surface area contributed by atoms with Crippen molar-refractivity contribution in [2.75, 3.05) is 11.4 Å². The van der Waals surface area contributed by atoms with E-state index < -0.39 is 0 Å². The zero-order chi connectivity index (χ0) is 12.3. The van der Waals surface area contributed by atoms with Gasteiger partial charge in [-0.15, -0.1) is 0 Å². The summed E-state index contributed by atoms with van der Waals surface area (Å²) in [5, 5.41) is 0. The molecule has 2 N–H and O–H groups in total. The van der Waals surface area contributed by atoms with Crippen molar-refractivity contribution in [1.82, 2.24) is 0 Å². The lowest BCUT2D eigenvalue weighted by atomic mass is 10.0. The van der Waals surface area contributed by atoms with Crippen LogP contribution < -0.4 is 10.6 Å². The molecule has 0 aliphatic carbocycles. The predicted molar refractivity (Wildman–Crippen MR) is 74.3 cm³/mol. The van der Waals surface area contributed by atoms with Crippen LogP contribution in [0.25, 0.3) is 0 Å². The van der Waals surface area contributed by atoms with Crippen LogP contribution in [0.1, 0.15) is 51.1 Å². The van der Waals surface area contributed by atoms with Gasteiger partial charge in [-0.3, -0.25) is 0 Å². The lowest BCUT2D eigenvalue weighted by molar-refractivity contribution is 0.612. The van der Waals surface area contributed by atoms with Crippen LogP contribution >= 0.6 is 0 Å². The van der Waals surface area contributed by atoms with Gasteiger partial charge >= 0.3 is 0 Å². The minimum Gasteiger partial charge on any atom is -0.369 e. The van der Waals surface area contributed by atoms with Gasteiger partial charge in [-0.25, -0.2) is 0 Å². The van der Waals surface area contributed by atoms with Crippen molar-refractivity contribution in [3.63, 3.8) is 0 Å². The molecule has 0 saturated carbocycles. The highest BCUT2D eigenvalue weighted by atomic mass is 15.2. The highest BCUT2D eigenvalue weighted by Crippen LogP contribution is 2.29. The number of benzene rings is 1. The fourth-order valence-electron chi connectivity index (χ4n) is 2.77. The molecule has 2 rings (SSSR count). The van der Waals surface area contributed by atoms with Crippen LogP contribution in [0.15, 0.2) is 24.3 Å². The molecule has 0 radical (unpaired) electrons. The van der Waals surface area contributed by atoms with Gasteiger partial charge in [0, 0.05) is 24.3 Å². The van der Waals surface area contributed by atoms with Crippen molar-refractivity contribution < 1.29 is 0 Å². The van der Waals surface area contributed by atoms with Gasteiger partial charge in [0.2, 0.25) is 0 Å². The summed E-state index contributed by atoms with van der Waals surface area (Å²) >= 11 is 0. The molecule has 2 unspecified atom stereocenters. The normalized spacial score (nSPS) is 23.2. The third-order valence-electron chi connectivity index (χ3n) is 3.79. The van der Waals surface area contributed by atoms with E-state index in [1.165, 1.54) is 43.5 Å². The van der Waals surface area contributed by atoms with Gasteiger partial charge in [-0.2, -0.15) is 0 Å². The monoisotopic (exact) mass is 232 g/mol. The zero-order valence-electron chi connectivity index (χ0n) is 11.0. The maximum absolute atomic E-state index is 6.08. The van der Waals surface area contributed by atoms with Gasteiger partial charge in [-0.05, 0) is 38.3 Å². The van der Waals surface area contributed by atoms with Crippen molar-refractivity contribution in [2.45, 2.75) is 51.6 Å². The number of rotatable bonds is 2. The maximum atomic E-state index is 6.08. The molecular formula is C15H24N2. The second kappa shape index (κ2) is 5.54. The number of hydrogen-bond acceptors (Lipinski definition) is 2. The van der Waals surface area contributed by atoms with Crippen molar-refractivity contribution in [2.24, 2.45) is 5.73 Å². The van der Waals surface area contributed by atoms with Gasteiger partial charge in [0.1, 0.15) is 0 Å². The van der Waals surface area contributed by atoms with E-state index in [1.807, 2.05) is 0 Å². The molecule has 0 bridgehead atoms. The van der Waals surface area contributed by atoms with E-state index in [0.29, 0.717) is 6.04 Å². The second-order valence-corrected chi connectivity index (χ2v) is 5.24. The quantitative estimate of drug-likeness (QED) is 0.846. The Hall–Kier alpha value is -1.02. The Kier molecular flexibility index (Phi) is 4.06. The average Bonchev–Trinajstić information content (AvgIpc) is 2.54. The lowest BCUT2D eigenvalue weighted by Gasteiger charge is -2.32. The molecule has 1 fully saturated rings. The molecular weight excluding hydrogens is 208 g/mol. The van der Waals surface area contributed by atoms with Crippen LogP contribution in [0.5, 0.6) is 0 Å². The highest BCUT2D eigenvalue weighted by Gasteiger charge is 2.20. The molecule has 1 saturated heterocycles. The fraction of sp³-hybridized carbons (Fsp3) is 0.600. The van der Waals surface area contributed by atoms with Crippen LogP contribution in [-0.2, 0) is 0 Å². The Balaban J connectivity index is 2.30. The summed E-state index contributed by atoms with van der Waals surface area (Å²) in [4.78, 5) is 2.55. The fourth-order valence-corrected chi connectivity index (χ4v) is 2.77. The van der Waals surface area contributed by atoms with E-state index in [4.69, 9.17) is 5.73 Å². The molecule has 2 heteroatoms. The number of nitrogens with zero attached hydrogens (tertiary/aromatic N) is 1. The molecule has 0 amide bonds. The molecule has 1 aliphatic heterocycles. The SMILES string of the molecule is CC(N)c1ccccc1N1CCCCCC1C. The molecule has 1 heterocycles. The van der Waals surface area contributed by atoms with Crippen molar-refractivity contribution in [3.05, 3.63) is 29.8 Å². The van der Waals surface area contributed by atoms with Crippen LogP contribution in [0.3, 0.4) is 0 Å². The smallest absolute Gasteiger partial charge is 0.0416 e. The first-order chi connectivity index (χ1) is 8.20. The molecule has 2 nitrogen and oxygen atoms in total. The first-order valence-electron chi connectivity index (χ1n) is 6.81. The van der Waals surface area contributed by atoms with Crippen LogP contribution in [0, 0.1) is 0 Å². The third kappa shape index (κ3) is 2.81. The summed E-state index contributed by atoms with van der Waals surface area (Å²) in [7, 11) is 0. The summed E-state index contributed by atoms with van der Waals surface area (Å²) in [5.41, 5.74) is 8.70. The Morgan fingerprint density at radius 2 is 2.00 bits per heavy atom. The number of hydrogen-bond donors (Lipinski definition) is 1. The predicted octanol–water partition coefficient (Wildman–Crippen LogP) is 3.48. The van der Waals surface area contributed by atoms with E-state index in [9.17, 15) is 0 Å². The van der Waals surface area contributed by atoms with E-state index >= 15 is 0 Å². The van der Waals surface area contributed by atoms with Crippen LogP contribution in [0.4, 0.5) is 5.69 Å². The van der Waals surface area contributed by atoms with Crippen LogP contribution in [-0.4, -0.2) is 12.6 Å². The van der Waals surface area contributed by atoms with E-state index in [0.717, 1.165) is 0 Å². The largest absolute Gasteiger partial charge is 0.369 e. The standard InChI is InChI=1S/C15H24N2/c1-12-8-4-3-7-11-17(12)15-10-6-5-9-14(15)13(2)16/h5-6,9-10,12-13H,3-4,7-8,11,16H2,1-2H3. The Morgan fingerprint density at radius 3 is 2.76 bits per heavy atom. The number of anilines is 1. The summed E-state index contributed by atoms with van der Waals surface area (Å²) in [6, 6.07) is 9.35. The van der Waals surface area contributed by atoms with E-state index in [1.54, 1.807) is 0 Å². The molecule has 17 heavy (non-hydrogen) atoms. The number of nitrogens with two attached hydrogens (primary N) is 1. The molecule has 0 aromatic heterocycles. The second-order valence-electron chi connectivity index (χ2n) is 5.24. The molecule has 1 aromatic rings. The summed E-state index contributed by atoms with van der Waals surface area (Å²) < 4.78 is 0. The van der Waals surface area contributed by atoms with Gasteiger partial charge in [0.05, 0.1) is 0 Å². The average molecular weight is 232 g/mol. The van der Waals surface area contributed by atoms with E-state index in [-0.39, 0.29) is 6.04 Å². The molecule has 0 spiro atoms. The van der Waals surface area contributed by atoms with Gasteiger partial charge in [0.15, 0.2) is 0 Å². The Morgan fingerprint density at radius 1 is 1.24 bits per heavy atom. The molecule has 2 atom stereocenters. The van der Waals surface area contributed by atoms with Crippen molar-refractivity contribution in [1.29, 1.82) is 0 Å². The third-order valence-corrected chi connectivity index (χ3v) is 3.79. The highest BCUT2D eigenvalue weighted by molar-refractivity contribution is 5.55. The minimum absolute atomic E-state index is 0.113. The minimum atomic E-state index is 0.113. The molecule has 94 valence electrons. The van der Waals surface area contributed by atoms with Crippen LogP contribution in [0.2, 0.25) is 0 Å². The van der Waals surface area contributed by atoms with Crippen molar-refractivity contribution in [3.8, 4) is 0 Å². The summed E-state index contributed by atoms with van der Waals surface area (Å²) in [6.07, 6.45) is 5.32.